The number of carbonyl (C=O) groups is 1. The largest absolute Gasteiger partial charge is 0.374 e. The first kappa shape index (κ1) is 18.3. The third-order valence-electron chi connectivity index (χ3n) is 3.52. The third-order valence-corrected chi connectivity index (χ3v) is 5.13. The van der Waals surface area contributed by atoms with E-state index in [2.05, 4.69) is 15.4 Å². The molecule has 26 heavy (non-hydrogen) atoms. The second-order valence-corrected chi connectivity index (χ2v) is 7.50. The number of hydrogen-bond donors (Lipinski definition) is 3. The number of sulfonamides is 1. The summed E-state index contributed by atoms with van der Waals surface area (Å²) in [5, 5.41) is 4.92. The highest BCUT2D eigenvalue weighted by Crippen LogP contribution is 2.29. The molecule has 2 aromatic carbocycles. The van der Waals surface area contributed by atoms with E-state index in [1.54, 1.807) is 0 Å². The van der Waals surface area contributed by atoms with Gasteiger partial charge in [-0.2, -0.15) is 4.72 Å². The standard InChI is InChI=1S/C15H11BF3N3O3S/c1-15(16)21-11-3-2-7(4-12(11)26(24,25)22-15)14(23)20-8-5-9(17)13(19)10(18)6-8/h2-6,21-22H,1H3,(H,20,23). The first-order valence-corrected chi connectivity index (χ1v) is 8.68. The fourth-order valence-corrected chi connectivity index (χ4v) is 3.87. The average molecular weight is 381 g/mol. The molecule has 1 aliphatic heterocycles. The molecule has 1 unspecified atom stereocenters. The fraction of sp³-hybridized carbons (Fsp3) is 0.133. The number of amides is 1. The molecule has 0 aromatic heterocycles. The molecule has 0 aliphatic carbocycles. The van der Waals surface area contributed by atoms with Gasteiger partial charge in [-0.15, -0.1) is 0 Å². The molecule has 3 N–H and O–H groups in total. The number of halogens is 3. The average Bonchev–Trinajstić information content (AvgIpc) is 2.50. The fourth-order valence-electron chi connectivity index (χ4n) is 2.46. The van der Waals surface area contributed by atoms with Crippen molar-refractivity contribution in [2.45, 2.75) is 17.4 Å². The van der Waals surface area contributed by atoms with Crippen LogP contribution in [0.5, 0.6) is 0 Å². The Kier molecular flexibility index (Phi) is 4.23. The summed E-state index contributed by atoms with van der Waals surface area (Å²) in [7, 11) is 1.74. The maximum absolute atomic E-state index is 13.2. The van der Waals surface area contributed by atoms with Crippen molar-refractivity contribution in [3.8, 4) is 0 Å². The van der Waals surface area contributed by atoms with E-state index in [4.69, 9.17) is 7.85 Å². The van der Waals surface area contributed by atoms with Gasteiger partial charge < -0.3 is 10.6 Å². The smallest absolute Gasteiger partial charge is 0.255 e. The molecule has 1 aliphatic rings. The highest BCUT2D eigenvalue weighted by Gasteiger charge is 2.34. The van der Waals surface area contributed by atoms with Crippen molar-refractivity contribution in [3.05, 3.63) is 53.3 Å². The van der Waals surface area contributed by atoms with Crippen molar-refractivity contribution >= 4 is 35.2 Å². The van der Waals surface area contributed by atoms with Crippen LogP contribution in [-0.4, -0.2) is 27.7 Å². The molecule has 0 fully saturated rings. The van der Waals surface area contributed by atoms with E-state index in [0.717, 1.165) is 6.07 Å². The zero-order valence-electron chi connectivity index (χ0n) is 13.2. The Hall–Kier alpha value is -2.53. The molecule has 0 bridgehead atoms. The number of rotatable bonds is 2. The monoisotopic (exact) mass is 381 g/mol. The lowest BCUT2D eigenvalue weighted by Crippen LogP contribution is -2.55. The zero-order chi connectivity index (χ0) is 19.3. The van der Waals surface area contributed by atoms with E-state index < -0.39 is 38.9 Å². The van der Waals surface area contributed by atoms with Gasteiger partial charge >= 0.3 is 0 Å². The third kappa shape index (κ3) is 3.40. The maximum atomic E-state index is 13.2. The molecular weight excluding hydrogens is 370 g/mol. The number of fused-ring (bicyclic) bond motifs is 1. The van der Waals surface area contributed by atoms with Gasteiger partial charge in [0.25, 0.3) is 5.91 Å². The van der Waals surface area contributed by atoms with Gasteiger partial charge in [0.2, 0.25) is 10.0 Å². The summed E-state index contributed by atoms with van der Waals surface area (Å²) in [6.45, 7) is 1.41. The van der Waals surface area contributed by atoms with E-state index in [0.29, 0.717) is 12.1 Å². The van der Waals surface area contributed by atoms with Crippen LogP contribution in [0.2, 0.25) is 0 Å². The quantitative estimate of drug-likeness (QED) is 0.548. The summed E-state index contributed by atoms with van der Waals surface area (Å²) >= 11 is 0. The Morgan fingerprint density at radius 3 is 2.38 bits per heavy atom. The molecule has 134 valence electrons. The van der Waals surface area contributed by atoms with Gasteiger partial charge in [-0.3, -0.25) is 4.79 Å². The minimum atomic E-state index is -3.98. The van der Waals surface area contributed by atoms with Crippen molar-refractivity contribution in [1.29, 1.82) is 0 Å². The minimum Gasteiger partial charge on any atom is -0.374 e. The van der Waals surface area contributed by atoms with Crippen LogP contribution in [0.25, 0.3) is 0 Å². The van der Waals surface area contributed by atoms with Gasteiger partial charge in [0.15, 0.2) is 17.5 Å². The van der Waals surface area contributed by atoms with Crippen molar-refractivity contribution in [1.82, 2.24) is 4.72 Å². The van der Waals surface area contributed by atoms with E-state index in [1.807, 2.05) is 0 Å². The van der Waals surface area contributed by atoms with E-state index in [9.17, 15) is 26.4 Å². The number of hydrogen-bond acceptors (Lipinski definition) is 4. The summed E-state index contributed by atoms with van der Waals surface area (Å²) < 4.78 is 66.1. The van der Waals surface area contributed by atoms with Crippen LogP contribution in [-0.2, 0) is 10.0 Å². The lowest BCUT2D eigenvalue weighted by atomic mass is 9.90. The Balaban J connectivity index is 1.93. The predicted molar refractivity (Wildman–Crippen MR) is 88.8 cm³/mol. The lowest BCUT2D eigenvalue weighted by molar-refractivity contribution is 0.102. The number of benzene rings is 2. The second-order valence-electron chi connectivity index (χ2n) is 5.85. The second kappa shape index (κ2) is 6.03. The summed E-state index contributed by atoms with van der Waals surface area (Å²) in [6.07, 6.45) is 0. The first-order valence-electron chi connectivity index (χ1n) is 7.19. The Morgan fingerprint density at radius 1 is 1.15 bits per heavy atom. The Labute approximate surface area is 148 Å². The van der Waals surface area contributed by atoms with Crippen molar-refractivity contribution in [3.63, 3.8) is 0 Å². The van der Waals surface area contributed by atoms with Gasteiger partial charge in [-0.25, -0.2) is 21.6 Å². The highest BCUT2D eigenvalue weighted by atomic mass is 32.2. The zero-order valence-corrected chi connectivity index (χ0v) is 14.0. The van der Waals surface area contributed by atoms with Crippen LogP contribution in [0.15, 0.2) is 35.2 Å². The Bertz CT molecular complexity index is 1010. The number of nitrogens with one attached hydrogen (secondary N) is 3. The minimum absolute atomic E-state index is 0.0957. The maximum Gasteiger partial charge on any atom is 0.255 e. The predicted octanol–water partition coefficient (Wildman–Crippen LogP) is 1.90. The van der Waals surface area contributed by atoms with Gasteiger partial charge in [0.1, 0.15) is 12.7 Å². The van der Waals surface area contributed by atoms with Crippen molar-refractivity contribution in [2.75, 3.05) is 10.6 Å². The Morgan fingerprint density at radius 2 is 1.77 bits per heavy atom. The molecule has 1 atom stereocenters. The van der Waals surface area contributed by atoms with E-state index in [1.165, 1.54) is 19.1 Å². The SMILES string of the molecule is [B]C1(C)Nc2ccc(C(=O)Nc3cc(F)c(F)c(F)c3)cc2S(=O)(=O)N1. The highest BCUT2D eigenvalue weighted by molar-refractivity contribution is 7.89. The van der Waals surface area contributed by atoms with Crippen LogP contribution in [0.1, 0.15) is 17.3 Å². The summed E-state index contributed by atoms with van der Waals surface area (Å²) in [5.41, 5.74) is -1.64. The number of anilines is 2. The molecule has 1 amide bonds. The molecule has 6 nitrogen and oxygen atoms in total. The van der Waals surface area contributed by atoms with Crippen LogP contribution in [0, 0.1) is 17.5 Å². The van der Waals surface area contributed by atoms with Gasteiger partial charge in [-0.1, -0.05) is 0 Å². The van der Waals surface area contributed by atoms with Gasteiger partial charge in [-0.05, 0) is 25.1 Å². The van der Waals surface area contributed by atoms with Gasteiger partial charge in [0, 0.05) is 23.4 Å². The molecule has 0 saturated carbocycles. The lowest BCUT2D eigenvalue weighted by Gasteiger charge is -2.35. The van der Waals surface area contributed by atoms with Gasteiger partial charge in [0.05, 0.1) is 11.2 Å². The van der Waals surface area contributed by atoms with Crippen LogP contribution >= 0.6 is 0 Å². The van der Waals surface area contributed by atoms with Crippen LogP contribution in [0.4, 0.5) is 24.5 Å². The molecular formula is C15H11BF3N3O3S. The summed E-state index contributed by atoms with van der Waals surface area (Å²) in [6, 6.07) is 4.92. The molecule has 0 spiro atoms. The van der Waals surface area contributed by atoms with Crippen molar-refractivity contribution in [2.24, 2.45) is 0 Å². The van der Waals surface area contributed by atoms with Crippen molar-refractivity contribution < 1.29 is 26.4 Å². The van der Waals surface area contributed by atoms with Crippen LogP contribution < -0.4 is 15.4 Å². The molecule has 3 rings (SSSR count). The molecule has 0 saturated heterocycles. The molecule has 1 heterocycles. The van der Waals surface area contributed by atoms with Crippen LogP contribution in [0.3, 0.4) is 0 Å². The summed E-state index contributed by atoms with van der Waals surface area (Å²) in [5.74, 6) is -5.44. The molecule has 2 radical (unpaired) electrons. The normalized spacial score (nSPS) is 20.8. The van der Waals surface area contributed by atoms with E-state index in [-0.39, 0.29) is 21.8 Å². The molecule has 11 heteroatoms. The topological polar surface area (TPSA) is 87.3 Å². The summed E-state index contributed by atoms with van der Waals surface area (Å²) in [4.78, 5) is 12.0. The first-order chi connectivity index (χ1) is 12.0. The van der Waals surface area contributed by atoms with E-state index >= 15 is 0 Å². The number of carbonyl (C=O) groups excluding carboxylic acids is 1. The molecule has 2 aromatic rings.